The van der Waals surface area contributed by atoms with Gasteiger partial charge in [0.05, 0.1) is 23.6 Å². The van der Waals surface area contributed by atoms with Crippen LogP contribution in [0.2, 0.25) is 0 Å². The molecule has 0 bridgehead atoms. The van der Waals surface area contributed by atoms with Gasteiger partial charge < -0.3 is 15.4 Å². The lowest BCUT2D eigenvalue weighted by molar-refractivity contribution is 0.481. The van der Waals surface area contributed by atoms with E-state index in [9.17, 15) is 4.39 Å². The highest BCUT2D eigenvalue weighted by atomic mass is 32.1. The van der Waals surface area contributed by atoms with Gasteiger partial charge in [0.25, 0.3) is 0 Å². The van der Waals surface area contributed by atoms with Crippen LogP contribution in [0.4, 0.5) is 10.1 Å². The first-order chi connectivity index (χ1) is 16.0. The highest BCUT2D eigenvalue weighted by Crippen LogP contribution is 2.24. The van der Waals surface area contributed by atoms with Gasteiger partial charge in [0.2, 0.25) is 0 Å². The SMILES string of the molecule is Cc1nn(Cc2cccc(Oc3ccccc3)c2)c(C)c1NC(=S)NCc1ccc(F)cc1. The zero-order valence-corrected chi connectivity index (χ0v) is 19.3. The standard InChI is InChI=1S/C26H25FN4OS/c1-18-25(29-26(33)28-16-20-11-13-22(27)14-12-20)19(2)31(30-18)17-21-7-6-10-24(15-21)32-23-8-4-3-5-9-23/h3-15H,16-17H2,1-2H3,(H2,28,29,33). The molecule has 7 heteroatoms. The molecule has 0 aliphatic heterocycles. The molecule has 0 saturated carbocycles. The highest BCUT2D eigenvalue weighted by Gasteiger charge is 2.13. The maximum absolute atomic E-state index is 13.1. The largest absolute Gasteiger partial charge is 0.457 e. The van der Waals surface area contributed by atoms with Gasteiger partial charge >= 0.3 is 0 Å². The van der Waals surface area contributed by atoms with Crippen molar-refractivity contribution in [2.24, 2.45) is 0 Å². The molecule has 33 heavy (non-hydrogen) atoms. The van der Waals surface area contributed by atoms with Crippen molar-refractivity contribution < 1.29 is 9.13 Å². The van der Waals surface area contributed by atoms with Crippen molar-refractivity contribution in [3.05, 3.63) is 107 Å². The molecule has 0 unspecified atom stereocenters. The van der Waals surface area contributed by atoms with E-state index in [4.69, 9.17) is 17.0 Å². The van der Waals surface area contributed by atoms with Crippen LogP contribution >= 0.6 is 12.2 Å². The Morgan fingerprint density at radius 1 is 0.939 bits per heavy atom. The molecule has 1 heterocycles. The number of para-hydroxylation sites is 1. The lowest BCUT2D eigenvalue weighted by Crippen LogP contribution is -2.28. The molecule has 4 aromatic rings. The summed E-state index contributed by atoms with van der Waals surface area (Å²) < 4.78 is 21.0. The molecule has 5 nitrogen and oxygen atoms in total. The molecule has 168 valence electrons. The molecule has 3 aromatic carbocycles. The Bertz CT molecular complexity index is 1240. The summed E-state index contributed by atoms with van der Waals surface area (Å²) in [5.41, 5.74) is 4.74. The van der Waals surface area contributed by atoms with Gasteiger partial charge in [-0.1, -0.05) is 42.5 Å². The van der Waals surface area contributed by atoms with E-state index in [-0.39, 0.29) is 5.82 Å². The predicted molar refractivity (Wildman–Crippen MR) is 133 cm³/mol. The van der Waals surface area contributed by atoms with E-state index in [0.29, 0.717) is 18.2 Å². The summed E-state index contributed by atoms with van der Waals surface area (Å²) in [6.07, 6.45) is 0. The Hall–Kier alpha value is -3.71. The normalized spacial score (nSPS) is 10.6. The number of nitrogens with one attached hydrogen (secondary N) is 2. The summed E-state index contributed by atoms with van der Waals surface area (Å²) in [4.78, 5) is 0. The Morgan fingerprint density at radius 2 is 1.67 bits per heavy atom. The number of hydrogen-bond donors (Lipinski definition) is 2. The van der Waals surface area contributed by atoms with E-state index in [1.165, 1.54) is 12.1 Å². The van der Waals surface area contributed by atoms with Crippen LogP contribution in [0.15, 0.2) is 78.9 Å². The predicted octanol–water partition coefficient (Wildman–Crippen LogP) is 5.97. The Labute approximate surface area is 198 Å². The number of halogens is 1. The van der Waals surface area contributed by atoms with Crippen LogP contribution in [0.1, 0.15) is 22.5 Å². The topological polar surface area (TPSA) is 51.1 Å². The van der Waals surface area contributed by atoms with Crippen LogP contribution < -0.4 is 15.4 Å². The molecule has 0 fully saturated rings. The van der Waals surface area contributed by atoms with Crippen molar-refractivity contribution in [1.82, 2.24) is 15.1 Å². The van der Waals surface area contributed by atoms with Crippen LogP contribution in [-0.4, -0.2) is 14.9 Å². The van der Waals surface area contributed by atoms with Crippen LogP contribution in [0.5, 0.6) is 11.5 Å². The maximum atomic E-state index is 13.1. The zero-order valence-electron chi connectivity index (χ0n) is 18.5. The second-order valence-electron chi connectivity index (χ2n) is 7.70. The third-order valence-electron chi connectivity index (χ3n) is 5.20. The molecule has 1 aromatic heterocycles. The van der Waals surface area contributed by atoms with Crippen molar-refractivity contribution >= 4 is 23.0 Å². The molecule has 0 atom stereocenters. The molecule has 0 aliphatic rings. The van der Waals surface area contributed by atoms with Gasteiger partial charge in [-0.3, -0.25) is 4.68 Å². The number of rotatable bonds is 7. The monoisotopic (exact) mass is 460 g/mol. The average Bonchev–Trinajstić information content (AvgIpc) is 3.07. The molecular weight excluding hydrogens is 435 g/mol. The zero-order chi connectivity index (χ0) is 23.2. The van der Waals surface area contributed by atoms with Crippen LogP contribution in [-0.2, 0) is 13.1 Å². The minimum atomic E-state index is -0.254. The van der Waals surface area contributed by atoms with Gasteiger partial charge in [0.1, 0.15) is 17.3 Å². The van der Waals surface area contributed by atoms with Crippen molar-refractivity contribution in [1.29, 1.82) is 0 Å². The number of ether oxygens (including phenoxy) is 1. The van der Waals surface area contributed by atoms with E-state index in [2.05, 4.69) is 21.8 Å². The summed E-state index contributed by atoms with van der Waals surface area (Å²) in [5.74, 6) is 1.33. The van der Waals surface area contributed by atoms with Crippen molar-refractivity contribution in [3.63, 3.8) is 0 Å². The van der Waals surface area contributed by atoms with Gasteiger partial charge in [-0.25, -0.2) is 4.39 Å². The van der Waals surface area contributed by atoms with Crippen LogP contribution in [0.3, 0.4) is 0 Å². The maximum Gasteiger partial charge on any atom is 0.171 e. The fourth-order valence-corrected chi connectivity index (χ4v) is 3.65. The first kappa shape index (κ1) is 22.5. The van der Waals surface area contributed by atoms with Crippen molar-refractivity contribution in [2.45, 2.75) is 26.9 Å². The number of anilines is 1. The van der Waals surface area contributed by atoms with Gasteiger partial charge in [0, 0.05) is 6.54 Å². The summed E-state index contributed by atoms with van der Waals surface area (Å²) in [7, 11) is 0. The molecule has 0 aliphatic carbocycles. The summed E-state index contributed by atoms with van der Waals surface area (Å²) in [5, 5.41) is 11.6. The summed E-state index contributed by atoms with van der Waals surface area (Å²) in [6, 6.07) is 24.0. The Balaban J connectivity index is 1.40. The second kappa shape index (κ2) is 10.3. The van der Waals surface area contributed by atoms with E-state index in [1.54, 1.807) is 12.1 Å². The molecular formula is C26H25FN4OS. The smallest absolute Gasteiger partial charge is 0.171 e. The Morgan fingerprint density at radius 3 is 2.42 bits per heavy atom. The fourth-order valence-electron chi connectivity index (χ4n) is 3.48. The molecule has 0 radical (unpaired) electrons. The van der Waals surface area contributed by atoms with Gasteiger partial charge in [-0.2, -0.15) is 5.10 Å². The van der Waals surface area contributed by atoms with Gasteiger partial charge in [-0.05, 0) is 73.6 Å². The summed E-state index contributed by atoms with van der Waals surface area (Å²) >= 11 is 5.45. The van der Waals surface area contributed by atoms with E-state index < -0.39 is 0 Å². The Kier molecular flexibility index (Phi) is 7.00. The van der Waals surface area contributed by atoms with Crippen LogP contribution in [0.25, 0.3) is 0 Å². The molecule has 0 spiro atoms. The van der Waals surface area contributed by atoms with Crippen LogP contribution in [0, 0.1) is 19.7 Å². The quantitative estimate of drug-likeness (QED) is 0.333. The number of nitrogens with zero attached hydrogens (tertiary/aromatic N) is 2. The van der Waals surface area contributed by atoms with Crippen molar-refractivity contribution in [2.75, 3.05) is 5.32 Å². The van der Waals surface area contributed by atoms with E-state index in [1.807, 2.05) is 67.1 Å². The number of benzene rings is 3. The summed E-state index contributed by atoms with van der Waals surface area (Å²) in [6.45, 7) is 5.07. The third kappa shape index (κ3) is 5.96. The number of hydrogen-bond acceptors (Lipinski definition) is 3. The molecule has 2 N–H and O–H groups in total. The minimum Gasteiger partial charge on any atom is -0.457 e. The van der Waals surface area contributed by atoms with Gasteiger partial charge in [-0.15, -0.1) is 0 Å². The average molecular weight is 461 g/mol. The lowest BCUT2D eigenvalue weighted by atomic mass is 10.2. The van der Waals surface area contributed by atoms with Crippen molar-refractivity contribution in [3.8, 4) is 11.5 Å². The minimum absolute atomic E-state index is 0.254. The second-order valence-corrected chi connectivity index (χ2v) is 8.11. The van der Waals surface area contributed by atoms with E-state index >= 15 is 0 Å². The number of aryl methyl sites for hydroxylation is 1. The van der Waals surface area contributed by atoms with E-state index in [0.717, 1.165) is 39.7 Å². The lowest BCUT2D eigenvalue weighted by Gasteiger charge is -2.12. The molecule has 4 rings (SSSR count). The highest BCUT2D eigenvalue weighted by molar-refractivity contribution is 7.80. The molecule has 0 saturated heterocycles. The molecule has 0 amide bonds. The third-order valence-corrected chi connectivity index (χ3v) is 5.44. The first-order valence-electron chi connectivity index (χ1n) is 10.6. The number of thiocarbonyl (C=S) groups is 1. The fraction of sp³-hybridized carbons (Fsp3) is 0.154. The number of aromatic nitrogens is 2. The first-order valence-corrected chi connectivity index (χ1v) is 11.0. The van der Waals surface area contributed by atoms with Gasteiger partial charge in [0.15, 0.2) is 5.11 Å².